The Morgan fingerprint density at radius 3 is 3.11 bits per heavy atom. The van der Waals surface area contributed by atoms with Crippen molar-refractivity contribution >= 4 is 28.8 Å². The standard InChI is InChI=1S/C12H16ClN5S/c13-11-2-1-8(19-11)6-16-12-5-9(17-18-12)10-7-14-3-4-15-10/h1-2,5,10,14-15H,3-4,6-7H2,(H2,16,17,18). The summed E-state index contributed by atoms with van der Waals surface area (Å²) in [5.74, 6) is 0.867. The van der Waals surface area contributed by atoms with Gasteiger partial charge in [0.15, 0.2) is 0 Å². The van der Waals surface area contributed by atoms with E-state index in [0.717, 1.165) is 42.0 Å². The van der Waals surface area contributed by atoms with Crippen LogP contribution in [-0.4, -0.2) is 29.8 Å². The molecule has 0 radical (unpaired) electrons. The van der Waals surface area contributed by atoms with Gasteiger partial charge < -0.3 is 16.0 Å². The molecule has 0 saturated carbocycles. The van der Waals surface area contributed by atoms with Crippen molar-refractivity contribution < 1.29 is 0 Å². The molecule has 0 spiro atoms. The summed E-state index contributed by atoms with van der Waals surface area (Å²) >= 11 is 7.49. The van der Waals surface area contributed by atoms with Crippen molar-refractivity contribution in [3.8, 4) is 0 Å². The maximum atomic E-state index is 5.90. The van der Waals surface area contributed by atoms with Gasteiger partial charge in [-0.15, -0.1) is 11.3 Å². The number of anilines is 1. The first-order chi connectivity index (χ1) is 9.31. The molecule has 102 valence electrons. The molecule has 1 saturated heterocycles. The third-order valence-electron chi connectivity index (χ3n) is 3.09. The van der Waals surface area contributed by atoms with Crippen LogP contribution >= 0.6 is 22.9 Å². The number of nitrogens with zero attached hydrogens (tertiary/aromatic N) is 1. The molecule has 19 heavy (non-hydrogen) atoms. The molecule has 5 nitrogen and oxygen atoms in total. The Hall–Kier alpha value is -1.08. The third-order valence-corrected chi connectivity index (χ3v) is 4.32. The maximum absolute atomic E-state index is 5.90. The molecule has 0 aliphatic carbocycles. The second-order valence-corrected chi connectivity index (χ2v) is 6.28. The summed E-state index contributed by atoms with van der Waals surface area (Å²) < 4.78 is 0.817. The highest BCUT2D eigenvalue weighted by Crippen LogP contribution is 2.22. The first-order valence-electron chi connectivity index (χ1n) is 6.29. The number of piperazine rings is 1. The molecule has 0 aromatic carbocycles. The van der Waals surface area contributed by atoms with Gasteiger partial charge in [-0.1, -0.05) is 11.6 Å². The van der Waals surface area contributed by atoms with Crippen molar-refractivity contribution in [3.63, 3.8) is 0 Å². The average Bonchev–Trinajstić information content (AvgIpc) is 3.06. The first-order valence-corrected chi connectivity index (χ1v) is 7.48. The van der Waals surface area contributed by atoms with Crippen molar-refractivity contribution in [1.82, 2.24) is 20.8 Å². The number of aromatic amines is 1. The molecule has 3 heterocycles. The molecule has 1 unspecified atom stereocenters. The highest BCUT2D eigenvalue weighted by molar-refractivity contribution is 7.16. The minimum Gasteiger partial charge on any atom is -0.364 e. The Bertz CT molecular complexity index is 532. The van der Waals surface area contributed by atoms with Gasteiger partial charge in [0, 0.05) is 30.6 Å². The van der Waals surface area contributed by atoms with Crippen LogP contribution in [0.1, 0.15) is 16.6 Å². The first kappa shape index (κ1) is 12.9. The van der Waals surface area contributed by atoms with Crippen LogP contribution in [0.25, 0.3) is 0 Å². The van der Waals surface area contributed by atoms with E-state index in [1.807, 2.05) is 12.1 Å². The zero-order valence-corrected chi connectivity index (χ0v) is 11.9. The number of hydrogen-bond donors (Lipinski definition) is 4. The van der Waals surface area contributed by atoms with Crippen LogP contribution in [0.2, 0.25) is 4.34 Å². The molecular formula is C12H16ClN5S. The van der Waals surface area contributed by atoms with Crippen LogP contribution in [0.4, 0.5) is 5.82 Å². The highest BCUT2D eigenvalue weighted by Gasteiger charge is 2.16. The van der Waals surface area contributed by atoms with E-state index in [0.29, 0.717) is 6.04 Å². The quantitative estimate of drug-likeness (QED) is 0.697. The van der Waals surface area contributed by atoms with Gasteiger partial charge in [0.05, 0.1) is 22.6 Å². The monoisotopic (exact) mass is 297 g/mol. The van der Waals surface area contributed by atoms with Gasteiger partial charge in [-0.05, 0) is 12.1 Å². The van der Waals surface area contributed by atoms with Gasteiger partial charge >= 0.3 is 0 Å². The van der Waals surface area contributed by atoms with Gasteiger partial charge in [0.2, 0.25) is 0 Å². The zero-order valence-electron chi connectivity index (χ0n) is 10.4. The lowest BCUT2D eigenvalue weighted by Gasteiger charge is -2.22. The molecule has 7 heteroatoms. The number of hydrogen-bond acceptors (Lipinski definition) is 5. The van der Waals surface area contributed by atoms with Gasteiger partial charge in [-0.25, -0.2) is 0 Å². The second-order valence-electron chi connectivity index (χ2n) is 4.48. The fourth-order valence-electron chi connectivity index (χ4n) is 2.10. The van der Waals surface area contributed by atoms with E-state index in [1.165, 1.54) is 4.88 Å². The summed E-state index contributed by atoms with van der Waals surface area (Å²) in [6.07, 6.45) is 0. The van der Waals surface area contributed by atoms with Gasteiger partial charge in [-0.3, -0.25) is 5.10 Å². The highest BCUT2D eigenvalue weighted by atomic mass is 35.5. The van der Waals surface area contributed by atoms with Crippen LogP contribution in [0, 0.1) is 0 Å². The number of thiophene rings is 1. The summed E-state index contributed by atoms with van der Waals surface area (Å²) in [4.78, 5) is 1.20. The number of rotatable bonds is 4. The number of H-pyrrole nitrogens is 1. The minimum atomic E-state index is 0.313. The van der Waals surface area contributed by atoms with Crippen LogP contribution in [0.15, 0.2) is 18.2 Å². The van der Waals surface area contributed by atoms with Crippen LogP contribution in [0.3, 0.4) is 0 Å². The summed E-state index contributed by atoms with van der Waals surface area (Å²) in [6, 6.07) is 6.31. The molecular weight excluding hydrogens is 282 g/mol. The summed E-state index contributed by atoms with van der Waals surface area (Å²) in [5, 5.41) is 17.5. The Morgan fingerprint density at radius 2 is 2.37 bits per heavy atom. The molecule has 3 rings (SSSR count). The molecule has 0 bridgehead atoms. The lowest BCUT2D eigenvalue weighted by molar-refractivity contribution is 0.423. The fourth-order valence-corrected chi connectivity index (χ4v) is 3.13. The van der Waals surface area contributed by atoms with Crippen molar-refractivity contribution in [2.24, 2.45) is 0 Å². The van der Waals surface area contributed by atoms with E-state index in [1.54, 1.807) is 11.3 Å². The number of aromatic nitrogens is 2. The third kappa shape index (κ3) is 3.27. The van der Waals surface area contributed by atoms with Crippen LogP contribution < -0.4 is 16.0 Å². The molecule has 1 atom stereocenters. The van der Waals surface area contributed by atoms with E-state index in [9.17, 15) is 0 Å². The lowest BCUT2D eigenvalue weighted by Crippen LogP contribution is -2.42. The summed E-state index contributed by atoms with van der Waals surface area (Å²) in [6.45, 7) is 3.69. The van der Waals surface area contributed by atoms with Crippen molar-refractivity contribution in [1.29, 1.82) is 0 Å². The predicted octanol–water partition coefficient (Wildman–Crippen LogP) is 1.97. The molecule has 2 aromatic rings. The largest absolute Gasteiger partial charge is 0.364 e. The molecule has 1 aliphatic heterocycles. The van der Waals surface area contributed by atoms with Gasteiger partial charge in [0.1, 0.15) is 5.82 Å². The van der Waals surface area contributed by atoms with Crippen molar-refractivity contribution in [3.05, 3.63) is 33.1 Å². The second kappa shape index (κ2) is 5.92. The molecule has 0 amide bonds. The Balaban J connectivity index is 1.58. The van der Waals surface area contributed by atoms with Gasteiger partial charge in [0.25, 0.3) is 0 Å². The zero-order chi connectivity index (χ0) is 13.1. The molecule has 4 N–H and O–H groups in total. The maximum Gasteiger partial charge on any atom is 0.148 e. The molecule has 1 aliphatic rings. The molecule has 2 aromatic heterocycles. The predicted molar refractivity (Wildman–Crippen MR) is 78.9 cm³/mol. The van der Waals surface area contributed by atoms with Crippen molar-refractivity contribution in [2.45, 2.75) is 12.6 Å². The average molecular weight is 298 g/mol. The fraction of sp³-hybridized carbons (Fsp3) is 0.417. The minimum absolute atomic E-state index is 0.313. The normalized spacial score (nSPS) is 19.5. The van der Waals surface area contributed by atoms with E-state index in [-0.39, 0.29) is 0 Å². The summed E-state index contributed by atoms with van der Waals surface area (Å²) in [5.41, 5.74) is 1.11. The number of halogens is 1. The Kier molecular flexibility index (Phi) is 4.03. The van der Waals surface area contributed by atoms with Crippen molar-refractivity contribution in [2.75, 3.05) is 25.0 Å². The van der Waals surface area contributed by atoms with E-state index in [2.05, 4.69) is 32.2 Å². The van der Waals surface area contributed by atoms with Crippen LogP contribution in [0.5, 0.6) is 0 Å². The van der Waals surface area contributed by atoms with E-state index in [4.69, 9.17) is 11.6 Å². The van der Waals surface area contributed by atoms with Crippen LogP contribution in [-0.2, 0) is 6.54 Å². The Labute approximate surface area is 120 Å². The lowest BCUT2D eigenvalue weighted by atomic mass is 10.2. The van der Waals surface area contributed by atoms with Gasteiger partial charge in [-0.2, -0.15) is 5.10 Å². The SMILES string of the molecule is Clc1ccc(CNc2cc(C3CNCCN3)[nH]n2)s1. The Morgan fingerprint density at radius 1 is 1.42 bits per heavy atom. The number of nitrogens with one attached hydrogen (secondary N) is 4. The van der Waals surface area contributed by atoms with E-state index >= 15 is 0 Å². The van der Waals surface area contributed by atoms with E-state index < -0.39 is 0 Å². The smallest absolute Gasteiger partial charge is 0.148 e. The summed E-state index contributed by atoms with van der Waals surface area (Å²) in [7, 11) is 0. The molecule has 1 fully saturated rings. The topological polar surface area (TPSA) is 64.8 Å².